The van der Waals surface area contributed by atoms with Gasteiger partial charge in [-0.3, -0.25) is 0 Å². The first-order valence-electron chi connectivity index (χ1n) is 1.51. The van der Waals surface area contributed by atoms with E-state index in [0.29, 0.717) is 0 Å². The van der Waals surface area contributed by atoms with Gasteiger partial charge in [-0.15, -0.1) is 0 Å². The Hall–Kier alpha value is 5.05. The summed E-state index contributed by atoms with van der Waals surface area (Å²) in [5.41, 5.74) is 0. The Morgan fingerprint density at radius 2 is 0.733 bits per heavy atom. The van der Waals surface area contributed by atoms with Crippen LogP contribution in [0.25, 0.3) is 0 Å². The molecule has 0 aromatic heterocycles. The predicted molar refractivity (Wildman–Crippen MR) is 29.1 cm³/mol. The summed E-state index contributed by atoms with van der Waals surface area (Å²) in [6.45, 7) is 0. The smallest absolute Gasteiger partial charge is 0.822 e. The first-order chi connectivity index (χ1) is 4.00. The molecular formula is H7K3O10P2. The van der Waals surface area contributed by atoms with Crippen molar-refractivity contribution in [1.29, 1.82) is 0 Å². The Kier molecular flexibility index (Phi) is 60.8. The van der Waals surface area contributed by atoms with Crippen LogP contribution in [0.15, 0.2) is 0 Å². The Morgan fingerprint density at radius 3 is 0.733 bits per heavy atom. The molecule has 0 aromatic carbocycles. The van der Waals surface area contributed by atoms with E-state index in [4.69, 9.17) is 38.5 Å². The first kappa shape index (κ1) is 42.7. The van der Waals surface area contributed by atoms with Gasteiger partial charge in [-0.1, -0.05) is 0 Å². The molecule has 0 saturated heterocycles. The summed E-state index contributed by atoms with van der Waals surface area (Å²) in [7, 11) is -10.0. The fraction of sp³-hybridized carbons (Fsp3) is 0. The van der Waals surface area contributed by atoms with Crippen molar-refractivity contribution in [2.75, 3.05) is 0 Å². The van der Waals surface area contributed by atoms with Gasteiger partial charge in [0.05, 0.1) is 0 Å². The topological polar surface area (TPSA) is 227 Å². The monoisotopic (exact) mass is 346 g/mol. The van der Waals surface area contributed by atoms with Gasteiger partial charge in [-0.25, -0.2) is 4.57 Å². The molecule has 0 amide bonds. The van der Waals surface area contributed by atoms with E-state index < -0.39 is 15.6 Å². The predicted octanol–water partition coefficient (Wildman–Crippen LogP) is -14.4. The van der Waals surface area contributed by atoms with Crippen molar-refractivity contribution in [2.45, 2.75) is 0 Å². The summed E-state index contributed by atoms with van der Waals surface area (Å²) in [4.78, 5) is 47.2. The van der Waals surface area contributed by atoms with Crippen molar-refractivity contribution >= 4 is 15.6 Å². The maximum absolute atomic E-state index is 8.88. The molecule has 0 unspecified atom stereocenters. The van der Waals surface area contributed by atoms with Crippen LogP contribution in [0, 0.1) is 0 Å². The van der Waals surface area contributed by atoms with Crippen LogP contribution in [0.2, 0.25) is 0 Å². The fourth-order valence-electron chi connectivity index (χ4n) is 0. The van der Waals surface area contributed by atoms with Gasteiger partial charge in [-0.2, -0.15) is 7.82 Å². The molecule has 10 nitrogen and oxygen atoms in total. The second-order valence-electron chi connectivity index (χ2n) is 0.960. The van der Waals surface area contributed by atoms with Gasteiger partial charge in [-0.05, 0) is 0 Å². The minimum atomic E-state index is -5.39. The molecule has 0 bridgehead atoms. The molecule has 0 atom stereocenters. The van der Waals surface area contributed by atoms with Gasteiger partial charge in [0.1, 0.15) is 0 Å². The van der Waals surface area contributed by atoms with E-state index in [1.807, 2.05) is 0 Å². The van der Waals surface area contributed by atoms with Gasteiger partial charge in [0, 0.05) is 0 Å². The van der Waals surface area contributed by atoms with Crippen molar-refractivity contribution in [1.82, 2.24) is 0 Å². The van der Waals surface area contributed by atoms with E-state index in [1.54, 1.807) is 0 Å². The minimum absolute atomic E-state index is 0. The van der Waals surface area contributed by atoms with E-state index in [-0.39, 0.29) is 165 Å². The maximum atomic E-state index is 8.88. The molecule has 0 fully saturated rings. The third-order valence-electron chi connectivity index (χ3n) is 0. The van der Waals surface area contributed by atoms with Gasteiger partial charge < -0.3 is 44.9 Å². The molecule has 15 heteroatoms. The van der Waals surface area contributed by atoms with Crippen LogP contribution < -0.4 is 169 Å². The Morgan fingerprint density at radius 1 is 0.733 bits per heavy atom. The molecule has 0 spiro atoms. The molecule has 0 aliphatic carbocycles. The second kappa shape index (κ2) is 21.3. The van der Waals surface area contributed by atoms with Crippen molar-refractivity contribution in [3.63, 3.8) is 0 Å². The van der Waals surface area contributed by atoms with Crippen LogP contribution in [0.1, 0.15) is 0 Å². The minimum Gasteiger partial charge on any atom is -0.822 e. The summed E-state index contributed by atoms with van der Waals surface area (Å²) in [6.07, 6.45) is 0. The number of rotatable bonds is 0. The third-order valence-corrected chi connectivity index (χ3v) is 0. The summed E-state index contributed by atoms with van der Waals surface area (Å²) in [5.74, 6) is 0. The fourth-order valence-corrected chi connectivity index (χ4v) is 0. The van der Waals surface area contributed by atoms with Gasteiger partial charge in [0.2, 0.25) is 0 Å². The molecule has 80 valence electrons. The molecule has 0 aromatic rings. The zero-order valence-electron chi connectivity index (χ0n) is 8.28. The molecule has 0 heterocycles. The molecule has 0 aliphatic heterocycles. The molecular weight excluding hydrogens is 339 g/mol. The van der Waals surface area contributed by atoms with Gasteiger partial charge >= 0.3 is 162 Å². The van der Waals surface area contributed by atoms with Crippen molar-refractivity contribution in [3.8, 4) is 0 Å². The summed E-state index contributed by atoms with van der Waals surface area (Å²) < 4.78 is 17.4. The molecule has 0 radical (unpaired) electrons. The van der Waals surface area contributed by atoms with Crippen molar-refractivity contribution < 1.29 is 204 Å². The first-order valence-corrected chi connectivity index (χ1v) is 4.54. The quantitative estimate of drug-likeness (QED) is 0.281. The van der Waals surface area contributed by atoms with Crippen LogP contribution in [-0.2, 0) is 9.13 Å². The van der Waals surface area contributed by atoms with Crippen LogP contribution in [-0.4, -0.2) is 25.6 Å². The molecule has 15 heavy (non-hydrogen) atoms. The zero-order valence-corrected chi connectivity index (χ0v) is 19.4. The summed E-state index contributed by atoms with van der Waals surface area (Å²) in [6, 6.07) is 0. The number of hydrogen-bond donors (Lipinski definition) is 3. The van der Waals surface area contributed by atoms with Gasteiger partial charge in [0.15, 0.2) is 0 Å². The molecule has 0 rings (SSSR count). The van der Waals surface area contributed by atoms with E-state index in [9.17, 15) is 0 Å². The molecule has 0 aliphatic rings. The molecule has 0 saturated carbocycles. The Balaban J connectivity index is -0.0000000128. The Bertz CT molecular complexity index is 131. The van der Waals surface area contributed by atoms with Crippen LogP contribution in [0.5, 0.6) is 0 Å². The van der Waals surface area contributed by atoms with Crippen LogP contribution in [0.4, 0.5) is 0 Å². The Labute approximate surface area is 213 Å². The van der Waals surface area contributed by atoms with Gasteiger partial charge in [0.25, 0.3) is 0 Å². The summed E-state index contributed by atoms with van der Waals surface area (Å²) >= 11 is 0. The summed E-state index contributed by atoms with van der Waals surface area (Å²) in [5, 5.41) is 0. The third kappa shape index (κ3) is 217. The SMILES string of the molecule is O.O.O=P(O)(O)O.O=P([O-])([O-])[O-].[K+].[K+].[K+]. The van der Waals surface area contributed by atoms with E-state index in [0.717, 1.165) is 0 Å². The normalized spacial score (nSPS) is 7.87. The standard InChI is InChI=1S/3K.2H3O4P.2H2O/c;;;2*1-5(2,3)4;;/h;;;2*(H3,1,2,3,4);2*1H2/q3*+1;;;;/p-3. The maximum Gasteiger partial charge on any atom is 1.00 e. The second-order valence-corrected chi connectivity index (χ2v) is 2.88. The number of hydrogen-bond acceptors (Lipinski definition) is 5. The van der Waals surface area contributed by atoms with Crippen molar-refractivity contribution in [2.24, 2.45) is 0 Å². The average molecular weight is 346 g/mol. The van der Waals surface area contributed by atoms with Crippen molar-refractivity contribution in [3.05, 3.63) is 0 Å². The molecule has 7 N–H and O–H groups in total. The average Bonchev–Trinajstić information content (AvgIpc) is 1.12. The van der Waals surface area contributed by atoms with E-state index in [1.165, 1.54) is 0 Å². The zero-order chi connectivity index (χ0) is 9.00. The van der Waals surface area contributed by atoms with E-state index in [2.05, 4.69) is 0 Å². The van der Waals surface area contributed by atoms with Crippen LogP contribution in [0.3, 0.4) is 0 Å². The van der Waals surface area contributed by atoms with Crippen LogP contribution >= 0.6 is 15.6 Å². The van der Waals surface area contributed by atoms with E-state index >= 15 is 0 Å². The largest absolute Gasteiger partial charge is 1.00 e. The number of phosphoric acid groups is 2.